The number of aliphatic imine (C=N–C) groups is 1. The van der Waals surface area contributed by atoms with Gasteiger partial charge in [-0.05, 0) is 92.9 Å². The standard InChI is InChI=1S/C49H67NO3/c1-28-19-29(2)41(30(3)20-28)50-27-31-21-32(45(4,5)6)22-35(42(31)51)40(36-23-33(46(7,8)9)25-38(43(36)52)48(13,14)15)37-24-34(47(10,11)12)26-39(44(37)53)49(16,17)18/h19-27,40,51-53H,1-18H3. The number of phenols is 3. The summed E-state index contributed by atoms with van der Waals surface area (Å²) >= 11 is 0. The molecule has 0 saturated heterocycles. The van der Waals surface area contributed by atoms with Gasteiger partial charge in [-0.15, -0.1) is 0 Å². The summed E-state index contributed by atoms with van der Waals surface area (Å²) in [5, 5.41) is 37.6. The maximum atomic E-state index is 12.6. The Morgan fingerprint density at radius 2 is 0.792 bits per heavy atom. The number of aryl methyl sites for hydroxylation is 3. The zero-order valence-corrected chi connectivity index (χ0v) is 36.1. The zero-order valence-electron chi connectivity index (χ0n) is 36.1. The minimum absolute atomic E-state index is 0.0740. The van der Waals surface area contributed by atoms with Gasteiger partial charge in [-0.3, -0.25) is 4.99 Å². The van der Waals surface area contributed by atoms with Gasteiger partial charge in [0, 0.05) is 34.4 Å². The first-order chi connectivity index (χ1) is 23.9. The third kappa shape index (κ3) is 8.85. The molecule has 0 spiro atoms. The minimum atomic E-state index is -0.723. The van der Waals surface area contributed by atoms with Gasteiger partial charge in [-0.25, -0.2) is 0 Å². The summed E-state index contributed by atoms with van der Waals surface area (Å²) < 4.78 is 0. The summed E-state index contributed by atoms with van der Waals surface area (Å²) in [6, 6.07) is 16.8. The molecular weight excluding hydrogens is 651 g/mol. The van der Waals surface area contributed by atoms with Gasteiger partial charge >= 0.3 is 0 Å². The van der Waals surface area contributed by atoms with Crippen LogP contribution in [0, 0.1) is 20.8 Å². The van der Waals surface area contributed by atoms with E-state index in [0.717, 1.165) is 44.6 Å². The molecule has 4 heteroatoms. The predicted octanol–water partition coefficient (Wildman–Crippen LogP) is 13.1. The van der Waals surface area contributed by atoms with Crippen LogP contribution >= 0.6 is 0 Å². The normalized spacial score (nSPS) is 13.4. The van der Waals surface area contributed by atoms with Crippen molar-refractivity contribution in [2.75, 3.05) is 0 Å². The van der Waals surface area contributed by atoms with Crippen molar-refractivity contribution < 1.29 is 15.3 Å². The fourth-order valence-electron chi connectivity index (χ4n) is 7.21. The molecule has 0 fully saturated rings. The van der Waals surface area contributed by atoms with Crippen LogP contribution in [0.4, 0.5) is 5.69 Å². The average molecular weight is 718 g/mol. The van der Waals surface area contributed by atoms with Crippen LogP contribution in [0.25, 0.3) is 0 Å². The summed E-state index contributed by atoms with van der Waals surface area (Å²) in [6.07, 6.45) is 1.77. The molecule has 0 radical (unpaired) electrons. The first-order valence-corrected chi connectivity index (χ1v) is 19.2. The summed E-state index contributed by atoms with van der Waals surface area (Å²) in [4.78, 5) is 4.98. The molecule has 0 heterocycles. The number of nitrogens with zero attached hydrogens (tertiary/aromatic N) is 1. The number of rotatable bonds is 5. The number of hydrogen-bond donors (Lipinski definition) is 3. The number of phenolic OH excluding ortho intramolecular Hbond substituents is 3. The molecule has 4 rings (SSSR count). The molecule has 4 aromatic carbocycles. The molecule has 3 N–H and O–H groups in total. The summed E-state index contributed by atoms with van der Waals surface area (Å²) in [5.41, 5.74) is 9.97. The molecule has 0 atom stereocenters. The van der Waals surface area contributed by atoms with Crippen LogP contribution in [0.2, 0.25) is 0 Å². The molecule has 0 saturated carbocycles. The van der Waals surface area contributed by atoms with E-state index < -0.39 is 5.92 Å². The quantitative estimate of drug-likeness (QED) is 0.142. The van der Waals surface area contributed by atoms with E-state index >= 15 is 0 Å². The maximum Gasteiger partial charge on any atom is 0.128 e. The van der Waals surface area contributed by atoms with Crippen LogP contribution in [-0.2, 0) is 27.1 Å². The van der Waals surface area contributed by atoms with Crippen molar-refractivity contribution in [2.24, 2.45) is 4.99 Å². The topological polar surface area (TPSA) is 73.1 Å². The van der Waals surface area contributed by atoms with Crippen molar-refractivity contribution in [3.05, 3.63) is 115 Å². The highest BCUT2D eigenvalue weighted by molar-refractivity contribution is 5.88. The fraction of sp³-hybridized carbons (Fsp3) is 0.490. The summed E-state index contributed by atoms with van der Waals surface area (Å²) in [7, 11) is 0. The molecule has 4 aromatic rings. The molecule has 0 bridgehead atoms. The number of benzene rings is 4. The first-order valence-electron chi connectivity index (χ1n) is 19.2. The minimum Gasteiger partial charge on any atom is -0.507 e. The van der Waals surface area contributed by atoms with E-state index in [0.29, 0.717) is 22.3 Å². The lowest BCUT2D eigenvalue weighted by Crippen LogP contribution is -2.21. The molecular formula is C49H67NO3. The van der Waals surface area contributed by atoms with Crippen molar-refractivity contribution in [3.8, 4) is 17.2 Å². The Morgan fingerprint density at radius 1 is 0.453 bits per heavy atom. The SMILES string of the molecule is Cc1cc(C)c(N=Cc2cc(C(C)(C)C)cc(C(c3cc(C(C)(C)C)cc(C(C)(C)C)c3O)c3cc(C(C)(C)C)cc(C(C)(C)C)c3O)c2O)c(C)c1. The smallest absolute Gasteiger partial charge is 0.128 e. The molecule has 53 heavy (non-hydrogen) atoms. The molecule has 0 aromatic heterocycles. The van der Waals surface area contributed by atoms with E-state index in [4.69, 9.17) is 4.99 Å². The van der Waals surface area contributed by atoms with Crippen molar-refractivity contribution >= 4 is 11.9 Å². The lowest BCUT2D eigenvalue weighted by atomic mass is 9.71. The van der Waals surface area contributed by atoms with Gasteiger partial charge in [0.15, 0.2) is 0 Å². The number of hydrogen-bond acceptors (Lipinski definition) is 4. The van der Waals surface area contributed by atoms with Gasteiger partial charge in [0.1, 0.15) is 17.2 Å². The summed E-state index contributed by atoms with van der Waals surface area (Å²) in [6.45, 7) is 38.5. The third-order valence-electron chi connectivity index (χ3n) is 10.6. The van der Waals surface area contributed by atoms with E-state index in [-0.39, 0.29) is 44.3 Å². The third-order valence-corrected chi connectivity index (χ3v) is 10.6. The zero-order chi connectivity index (χ0) is 40.4. The molecule has 4 nitrogen and oxygen atoms in total. The highest BCUT2D eigenvalue weighted by Crippen LogP contribution is 2.51. The van der Waals surface area contributed by atoms with E-state index in [2.05, 4.69) is 167 Å². The lowest BCUT2D eigenvalue weighted by Gasteiger charge is -2.33. The average Bonchev–Trinajstić information content (AvgIpc) is 2.96. The Bertz CT molecular complexity index is 1940. The van der Waals surface area contributed by atoms with E-state index in [9.17, 15) is 15.3 Å². The first kappa shape index (κ1) is 41.7. The Labute approximate surface area is 321 Å². The molecule has 0 unspecified atom stereocenters. The van der Waals surface area contributed by atoms with Crippen LogP contribution in [0.5, 0.6) is 17.2 Å². The van der Waals surface area contributed by atoms with Crippen LogP contribution in [0.3, 0.4) is 0 Å². The second-order valence-corrected chi connectivity index (χ2v) is 20.6. The van der Waals surface area contributed by atoms with Gasteiger partial charge in [0.25, 0.3) is 0 Å². The maximum absolute atomic E-state index is 12.6. The van der Waals surface area contributed by atoms with Crippen molar-refractivity contribution in [1.29, 1.82) is 0 Å². The van der Waals surface area contributed by atoms with Crippen molar-refractivity contribution in [1.82, 2.24) is 0 Å². The second-order valence-electron chi connectivity index (χ2n) is 20.6. The predicted molar refractivity (Wildman–Crippen MR) is 227 cm³/mol. The molecule has 0 aliphatic heterocycles. The fourth-order valence-corrected chi connectivity index (χ4v) is 7.21. The molecule has 0 aliphatic carbocycles. The molecule has 0 aliphatic rings. The van der Waals surface area contributed by atoms with Crippen LogP contribution in [0.1, 0.15) is 177 Å². The van der Waals surface area contributed by atoms with Gasteiger partial charge < -0.3 is 15.3 Å². The van der Waals surface area contributed by atoms with E-state index in [1.54, 1.807) is 6.21 Å². The van der Waals surface area contributed by atoms with E-state index in [1.165, 1.54) is 5.56 Å². The van der Waals surface area contributed by atoms with Crippen LogP contribution < -0.4 is 0 Å². The Hall–Kier alpha value is -4.05. The van der Waals surface area contributed by atoms with Gasteiger partial charge in [-0.2, -0.15) is 0 Å². The van der Waals surface area contributed by atoms with Gasteiger partial charge in [-0.1, -0.05) is 152 Å². The van der Waals surface area contributed by atoms with Crippen LogP contribution in [0.15, 0.2) is 53.5 Å². The second kappa shape index (κ2) is 14.0. The summed E-state index contributed by atoms with van der Waals surface area (Å²) in [5.74, 6) is -0.297. The Kier molecular flexibility index (Phi) is 11.0. The Morgan fingerprint density at radius 3 is 1.13 bits per heavy atom. The van der Waals surface area contributed by atoms with Gasteiger partial charge in [0.05, 0.1) is 5.69 Å². The van der Waals surface area contributed by atoms with Crippen molar-refractivity contribution in [2.45, 2.75) is 158 Å². The highest BCUT2D eigenvalue weighted by atomic mass is 16.3. The lowest BCUT2D eigenvalue weighted by molar-refractivity contribution is 0.426. The highest BCUT2D eigenvalue weighted by Gasteiger charge is 2.36. The van der Waals surface area contributed by atoms with Crippen molar-refractivity contribution in [3.63, 3.8) is 0 Å². The molecule has 286 valence electrons. The Balaban J connectivity index is 2.29. The monoisotopic (exact) mass is 718 g/mol. The van der Waals surface area contributed by atoms with E-state index in [1.807, 2.05) is 6.07 Å². The largest absolute Gasteiger partial charge is 0.507 e. The molecule has 0 amide bonds. The number of aromatic hydroxyl groups is 3. The van der Waals surface area contributed by atoms with Gasteiger partial charge in [0.2, 0.25) is 0 Å². The van der Waals surface area contributed by atoms with Crippen LogP contribution in [-0.4, -0.2) is 21.5 Å².